The molecular formula is C46H76O2. The van der Waals surface area contributed by atoms with E-state index in [9.17, 15) is 4.79 Å². The average Bonchev–Trinajstić information content (AvgIpc) is 3.42. The van der Waals surface area contributed by atoms with Crippen molar-refractivity contribution in [3.05, 3.63) is 48.1 Å². The van der Waals surface area contributed by atoms with E-state index in [4.69, 9.17) is 4.74 Å². The molecule has 9 atom stereocenters. The van der Waals surface area contributed by atoms with E-state index in [0.29, 0.717) is 35.0 Å². The number of fused-ring (bicyclic) bond motifs is 5. The van der Waals surface area contributed by atoms with Gasteiger partial charge in [0.15, 0.2) is 0 Å². The lowest BCUT2D eigenvalue weighted by Gasteiger charge is -2.58. The van der Waals surface area contributed by atoms with E-state index in [-0.39, 0.29) is 12.1 Å². The van der Waals surface area contributed by atoms with Crippen LogP contribution in [0.1, 0.15) is 177 Å². The van der Waals surface area contributed by atoms with Gasteiger partial charge in [-0.25, -0.2) is 0 Å². The first-order chi connectivity index (χ1) is 23.1. The molecule has 4 aliphatic carbocycles. The molecule has 0 aromatic rings. The van der Waals surface area contributed by atoms with E-state index in [1.54, 1.807) is 5.57 Å². The number of hydrogen-bond donors (Lipinski definition) is 0. The normalized spacial score (nSPS) is 33.2. The van der Waals surface area contributed by atoms with Gasteiger partial charge in [0.05, 0.1) is 0 Å². The molecule has 0 unspecified atom stereocenters. The first-order valence-corrected chi connectivity index (χ1v) is 21.0. The van der Waals surface area contributed by atoms with Gasteiger partial charge in [-0.2, -0.15) is 0 Å². The minimum absolute atomic E-state index is 0.0416. The second-order valence-corrected chi connectivity index (χ2v) is 17.7. The average molecular weight is 661 g/mol. The molecule has 0 N–H and O–H groups in total. The van der Waals surface area contributed by atoms with E-state index in [1.165, 1.54) is 89.9 Å². The maximum Gasteiger partial charge on any atom is 0.306 e. The predicted octanol–water partition coefficient (Wildman–Crippen LogP) is 13.8. The Morgan fingerprint density at radius 1 is 0.833 bits per heavy atom. The van der Waals surface area contributed by atoms with Crippen molar-refractivity contribution in [1.82, 2.24) is 0 Å². The third-order valence-electron chi connectivity index (χ3n) is 14.2. The van der Waals surface area contributed by atoms with Crippen LogP contribution in [0.15, 0.2) is 48.1 Å². The van der Waals surface area contributed by atoms with Crippen molar-refractivity contribution in [2.75, 3.05) is 0 Å². The van der Waals surface area contributed by atoms with E-state index in [1.807, 2.05) is 0 Å². The predicted molar refractivity (Wildman–Crippen MR) is 207 cm³/mol. The van der Waals surface area contributed by atoms with Gasteiger partial charge >= 0.3 is 5.97 Å². The third kappa shape index (κ3) is 10.2. The Kier molecular flexibility index (Phi) is 15.6. The summed E-state index contributed by atoms with van der Waals surface area (Å²) in [5, 5.41) is 0. The quantitative estimate of drug-likeness (QED) is 0.0783. The van der Waals surface area contributed by atoms with Crippen LogP contribution in [0.5, 0.6) is 0 Å². The lowest BCUT2D eigenvalue weighted by molar-refractivity contribution is -0.151. The van der Waals surface area contributed by atoms with E-state index in [0.717, 1.165) is 55.8 Å². The van der Waals surface area contributed by atoms with Crippen LogP contribution in [-0.2, 0) is 9.53 Å². The number of allylic oxidation sites excluding steroid dienone is 7. The van der Waals surface area contributed by atoms with Gasteiger partial charge in [0, 0.05) is 12.8 Å². The molecule has 3 saturated carbocycles. The second kappa shape index (κ2) is 19.2. The molecule has 0 heterocycles. The van der Waals surface area contributed by atoms with Gasteiger partial charge in [0.25, 0.3) is 0 Å². The summed E-state index contributed by atoms with van der Waals surface area (Å²) in [6, 6.07) is 0. The topological polar surface area (TPSA) is 26.3 Å². The Morgan fingerprint density at radius 3 is 2.27 bits per heavy atom. The highest BCUT2D eigenvalue weighted by atomic mass is 16.5. The van der Waals surface area contributed by atoms with Gasteiger partial charge in [-0.1, -0.05) is 129 Å². The molecule has 0 aromatic carbocycles. The summed E-state index contributed by atoms with van der Waals surface area (Å²) in [6.45, 7) is 17.1. The van der Waals surface area contributed by atoms with Crippen molar-refractivity contribution in [3.8, 4) is 0 Å². The van der Waals surface area contributed by atoms with Gasteiger partial charge in [-0.3, -0.25) is 4.79 Å². The standard InChI is InChI=1S/C46H76O2/c1-8-9-10-11-12-13-14-15-16-17-18-19-20-21-22-23-44(47)48-39-30-32-45(6)38(34-39)26-27-40-42-29-28-41(46(42,7)33-31-43(40)45)37(5)25-24-36(4)35(2)3/h12-13,15-16,24-26,35-37,39-43H,8-11,14,17-23,27-34H2,1-7H3/b13-12-,16-15-,25-24+/t36-,37+,39-,40-,41+,42-,43-,45-,46+/m0/s1. The Bertz CT molecular complexity index is 1090. The van der Waals surface area contributed by atoms with Crippen LogP contribution in [-0.4, -0.2) is 12.1 Å². The number of hydrogen-bond acceptors (Lipinski definition) is 2. The Balaban J connectivity index is 1.15. The summed E-state index contributed by atoms with van der Waals surface area (Å²) >= 11 is 0. The lowest BCUT2D eigenvalue weighted by atomic mass is 9.47. The van der Waals surface area contributed by atoms with Gasteiger partial charge in [-0.15, -0.1) is 0 Å². The smallest absolute Gasteiger partial charge is 0.306 e. The molecule has 2 nitrogen and oxygen atoms in total. The van der Waals surface area contributed by atoms with E-state index in [2.05, 4.69) is 91.0 Å². The minimum Gasteiger partial charge on any atom is -0.462 e. The SMILES string of the molecule is CCCCC/C=C\C/C=C\CCCCCCCC(=O)O[C@H]1CC[C@@]2(C)C(=CC[C@H]3[C@@H]4CC[C@H]([C@H](C)/C=C/[C@H](C)C(C)C)[C@@]4(C)CC[C@@H]32)C1. The highest BCUT2D eigenvalue weighted by Crippen LogP contribution is 2.67. The zero-order valence-corrected chi connectivity index (χ0v) is 32.6. The first-order valence-electron chi connectivity index (χ1n) is 21.0. The molecule has 0 bridgehead atoms. The van der Waals surface area contributed by atoms with E-state index >= 15 is 0 Å². The number of carbonyl (C=O) groups is 1. The zero-order chi connectivity index (χ0) is 34.6. The summed E-state index contributed by atoms with van der Waals surface area (Å²) in [5.41, 5.74) is 2.42. The zero-order valence-electron chi connectivity index (χ0n) is 32.6. The molecule has 3 fully saturated rings. The van der Waals surface area contributed by atoms with Crippen molar-refractivity contribution >= 4 is 5.97 Å². The van der Waals surface area contributed by atoms with Crippen LogP contribution in [0, 0.1) is 52.3 Å². The van der Waals surface area contributed by atoms with Gasteiger partial charge in [0.2, 0.25) is 0 Å². The van der Waals surface area contributed by atoms with Crippen molar-refractivity contribution < 1.29 is 9.53 Å². The molecule has 0 aromatic heterocycles. The summed E-state index contributed by atoms with van der Waals surface area (Å²) in [5.74, 6) is 5.44. The second-order valence-electron chi connectivity index (χ2n) is 17.7. The molecule has 0 spiro atoms. The third-order valence-corrected chi connectivity index (χ3v) is 14.2. The molecule has 0 amide bonds. The van der Waals surface area contributed by atoms with Crippen LogP contribution >= 0.6 is 0 Å². The number of unbranched alkanes of at least 4 members (excludes halogenated alkanes) is 8. The van der Waals surface area contributed by atoms with Crippen molar-refractivity contribution in [3.63, 3.8) is 0 Å². The summed E-state index contributed by atoms with van der Waals surface area (Å²) in [6.07, 6.45) is 41.1. The van der Waals surface area contributed by atoms with Crippen molar-refractivity contribution in [2.24, 2.45) is 52.3 Å². The van der Waals surface area contributed by atoms with Crippen LogP contribution in [0.2, 0.25) is 0 Å². The number of carbonyl (C=O) groups excluding carboxylic acids is 1. The molecule has 4 aliphatic rings. The van der Waals surface area contributed by atoms with Crippen LogP contribution < -0.4 is 0 Å². The molecule has 0 radical (unpaired) electrons. The molecule has 2 heteroatoms. The van der Waals surface area contributed by atoms with E-state index < -0.39 is 0 Å². The summed E-state index contributed by atoms with van der Waals surface area (Å²) < 4.78 is 6.12. The molecule has 0 saturated heterocycles. The molecular weight excluding hydrogens is 585 g/mol. The Labute approximate surface area is 298 Å². The van der Waals surface area contributed by atoms with Crippen molar-refractivity contribution in [2.45, 2.75) is 183 Å². The number of esters is 1. The largest absolute Gasteiger partial charge is 0.462 e. The molecule has 48 heavy (non-hydrogen) atoms. The monoisotopic (exact) mass is 661 g/mol. The molecule has 4 rings (SSSR count). The maximum atomic E-state index is 12.8. The number of rotatable bonds is 19. The fourth-order valence-corrected chi connectivity index (χ4v) is 10.7. The Hall–Kier alpha value is -1.57. The van der Waals surface area contributed by atoms with Crippen LogP contribution in [0.3, 0.4) is 0 Å². The van der Waals surface area contributed by atoms with Crippen LogP contribution in [0.25, 0.3) is 0 Å². The van der Waals surface area contributed by atoms with Crippen LogP contribution in [0.4, 0.5) is 0 Å². The maximum absolute atomic E-state index is 12.8. The summed E-state index contributed by atoms with van der Waals surface area (Å²) in [7, 11) is 0. The van der Waals surface area contributed by atoms with Gasteiger partial charge in [-0.05, 0) is 136 Å². The lowest BCUT2D eigenvalue weighted by Crippen LogP contribution is -2.51. The highest BCUT2D eigenvalue weighted by molar-refractivity contribution is 5.69. The van der Waals surface area contributed by atoms with Gasteiger partial charge in [0.1, 0.15) is 6.10 Å². The van der Waals surface area contributed by atoms with Gasteiger partial charge < -0.3 is 4.74 Å². The van der Waals surface area contributed by atoms with Crippen molar-refractivity contribution in [1.29, 1.82) is 0 Å². The Morgan fingerprint density at radius 2 is 1.54 bits per heavy atom. The number of ether oxygens (including phenoxy) is 1. The fourth-order valence-electron chi connectivity index (χ4n) is 10.7. The minimum atomic E-state index is 0.0416. The highest BCUT2D eigenvalue weighted by Gasteiger charge is 2.59. The first kappa shape index (κ1) is 39.2. The molecule has 0 aliphatic heterocycles. The molecule has 272 valence electrons. The fraction of sp³-hybridized carbons (Fsp3) is 0.804. The summed E-state index contributed by atoms with van der Waals surface area (Å²) in [4.78, 5) is 12.8.